The summed E-state index contributed by atoms with van der Waals surface area (Å²) in [5, 5.41) is 0. The number of hydrogen-bond acceptors (Lipinski definition) is 5. The Bertz CT molecular complexity index is 922. The highest BCUT2D eigenvalue weighted by Crippen LogP contribution is 2.28. The third kappa shape index (κ3) is 4.42. The number of likely N-dealkylation sites (tertiary alicyclic amines) is 1. The lowest BCUT2D eigenvalue weighted by molar-refractivity contribution is -0.137. The van der Waals surface area contributed by atoms with E-state index in [0.29, 0.717) is 37.0 Å². The molecule has 1 unspecified atom stereocenters. The Kier molecular flexibility index (Phi) is 5.65. The topological polar surface area (TPSA) is 75.6 Å². The number of piperidine rings is 1. The van der Waals surface area contributed by atoms with E-state index in [2.05, 4.69) is 9.97 Å². The van der Waals surface area contributed by atoms with Gasteiger partial charge in [0.2, 0.25) is 17.7 Å². The molecule has 0 N–H and O–H groups in total. The SMILES string of the molecule is Cc1cc(OC2CCN(C(=O)C3CC(=O)N(c4ccc(F)cc4)C3)CC2)nc(C)n1. The third-order valence-electron chi connectivity index (χ3n) is 5.60. The van der Waals surface area contributed by atoms with Gasteiger partial charge in [0.1, 0.15) is 17.7 Å². The minimum absolute atomic E-state index is 0.000127. The van der Waals surface area contributed by atoms with E-state index in [1.807, 2.05) is 24.8 Å². The van der Waals surface area contributed by atoms with Crippen LogP contribution in [0.1, 0.15) is 30.8 Å². The number of aryl methyl sites for hydroxylation is 2. The first-order valence-electron chi connectivity index (χ1n) is 10.2. The zero-order chi connectivity index (χ0) is 21.3. The van der Waals surface area contributed by atoms with Crippen molar-refractivity contribution in [2.75, 3.05) is 24.5 Å². The molecule has 1 atom stereocenters. The number of ether oxygens (including phenoxy) is 1. The van der Waals surface area contributed by atoms with E-state index >= 15 is 0 Å². The van der Waals surface area contributed by atoms with Crippen molar-refractivity contribution in [1.29, 1.82) is 0 Å². The molecule has 2 amide bonds. The van der Waals surface area contributed by atoms with Crippen molar-refractivity contribution < 1.29 is 18.7 Å². The van der Waals surface area contributed by atoms with Crippen LogP contribution in [0.5, 0.6) is 5.88 Å². The largest absolute Gasteiger partial charge is 0.474 e. The number of aromatic nitrogens is 2. The summed E-state index contributed by atoms with van der Waals surface area (Å²) in [4.78, 5) is 37.3. The zero-order valence-corrected chi connectivity index (χ0v) is 17.2. The summed E-state index contributed by atoms with van der Waals surface area (Å²) < 4.78 is 19.1. The maximum atomic E-state index is 13.1. The molecule has 8 heteroatoms. The number of carbonyl (C=O) groups excluding carboxylic acids is 2. The minimum atomic E-state index is -0.368. The molecule has 2 aromatic rings. The molecule has 2 aliphatic rings. The average Bonchev–Trinajstić information content (AvgIpc) is 3.09. The third-order valence-corrected chi connectivity index (χ3v) is 5.60. The zero-order valence-electron chi connectivity index (χ0n) is 17.2. The number of rotatable bonds is 4. The van der Waals surface area contributed by atoms with Gasteiger partial charge in [-0.2, -0.15) is 4.98 Å². The van der Waals surface area contributed by atoms with Gasteiger partial charge in [0.05, 0.1) is 5.92 Å². The fraction of sp³-hybridized carbons (Fsp3) is 0.455. The van der Waals surface area contributed by atoms with E-state index in [-0.39, 0.29) is 36.1 Å². The Morgan fingerprint density at radius 3 is 2.50 bits per heavy atom. The molecule has 158 valence electrons. The van der Waals surface area contributed by atoms with Crippen LogP contribution >= 0.6 is 0 Å². The quantitative estimate of drug-likeness (QED) is 0.772. The van der Waals surface area contributed by atoms with Crippen LogP contribution in [0.15, 0.2) is 30.3 Å². The highest BCUT2D eigenvalue weighted by Gasteiger charge is 2.38. The molecule has 4 rings (SSSR count). The molecular weight excluding hydrogens is 387 g/mol. The number of amides is 2. The van der Waals surface area contributed by atoms with Crippen LogP contribution in [0.3, 0.4) is 0 Å². The van der Waals surface area contributed by atoms with Gasteiger partial charge in [-0.25, -0.2) is 9.37 Å². The van der Waals surface area contributed by atoms with Crippen molar-refractivity contribution in [2.45, 2.75) is 39.2 Å². The second kappa shape index (κ2) is 8.38. The second-order valence-electron chi connectivity index (χ2n) is 7.92. The molecular formula is C22H25FN4O3. The Morgan fingerprint density at radius 1 is 1.13 bits per heavy atom. The number of carbonyl (C=O) groups is 2. The molecule has 2 aliphatic heterocycles. The van der Waals surface area contributed by atoms with Crippen molar-refractivity contribution in [3.05, 3.63) is 47.7 Å². The lowest BCUT2D eigenvalue weighted by Crippen LogP contribution is -2.45. The highest BCUT2D eigenvalue weighted by molar-refractivity contribution is 6.00. The van der Waals surface area contributed by atoms with Crippen LogP contribution < -0.4 is 9.64 Å². The molecule has 0 spiro atoms. The first-order valence-corrected chi connectivity index (χ1v) is 10.2. The summed E-state index contributed by atoms with van der Waals surface area (Å²) in [6, 6.07) is 7.60. The Morgan fingerprint density at radius 2 is 1.83 bits per heavy atom. The van der Waals surface area contributed by atoms with E-state index < -0.39 is 0 Å². The van der Waals surface area contributed by atoms with Crippen LogP contribution in [0, 0.1) is 25.6 Å². The summed E-state index contributed by atoms with van der Waals surface area (Å²) in [5.74, 6) is 0.422. The summed E-state index contributed by atoms with van der Waals surface area (Å²) in [6.07, 6.45) is 1.63. The second-order valence-corrected chi connectivity index (χ2v) is 7.92. The van der Waals surface area contributed by atoms with Crippen LogP contribution in [0.25, 0.3) is 0 Å². The monoisotopic (exact) mass is 412 g/mol. The van der Waals surface area contributed by atoms with Gasteiger partial charge in [-0.1, -0.05) is 0 Å². The van der Waals surface area contributed by atoms with Crippen LogP contribution in [0.2, 0.25) is 0 Å². The molecule has 0 radical (unpaired) electrons. The predicted molar refractivity (Wildman–Crippen MR) is 109 cm³/mol. The lowest BCUT2D eigenvalue weighted by Gasteiger charge is -2.33. The summed E-state index contributed by atoms with van der Waals surface area (Å²) in [5.41, 5.74) is 1.49. The van der Waals surface area contributed by atoms with E-state index in [0.717, 1.165) is 18.5 Å². The number of hydrogen-bond donors (Lipinski definition) is 0. The molecule has 0 bridgehead atoms. The van der Waals surface area contributed by atoms with E-state index in [9.17, 15) is 14.0 Å². The van der Waals surface area contributed by atoms with Gasteiger partial charge in [-0.05, 0) is 38.1 Å². The summed E-state index contributed by atoms with van der Waals surface area (Å²) in [6.45, 7) is 5.25. The van der Waals surface area contributed by atoms with Gasteiger partial charge in [-0.3, -0.25) is 9.59 Å². The standard InChI is InChI=1S/C22H25FN4O3/c1-14-11-20(25-15(2)24-14)30-19-7-9-26(10-8-19)22(29)16-12-21(28)27(13-16)18-5-3-17(23)4-6-18/h3-6,11,16,19H,7-10,12-13H2,1-2H3. The van der Waals surface area contributed by atoms with Crippen LogP contribution in [-0.4, -0.2) is 52.4 Å². The minimum Gasteiger partial charge on any atom is -0.474 e. The normalized spacial score (nSPS) is 20.0. The van der Waals surface area contributed by atoms with Crippen molar-refractivity contribution in [1.82, 2.24) is 14.9 Å². The summed E-state index contributed by atoms with van der Waals surface area (Å²) in [7, 11) is 0. The number of anilines is 1. The van der Waals surface area contributed by atoms with Crippen molar-refractivity contribution in [3.8, 4) is 5.88 Å². The van der Waals surface area contributed by atoms with Crippen molar-refractivity contribution in [2.24, 2.45) is 5.92 Å². The van der Waals surface area contributed by atoms with Gasteiger partial charge in [-0.15, -0.1) is 0 Å². The first kappa shape index (κ1) is 20.3. The fourth-order valence-electron chi connectivity index (χ4n) is 4.11. The number of nitrogens with zero attached hydrogens (tertiary/aromatic N) is 4. The smallest absolute Gasteiger partial charge is 0.228 e. The number of halogens is 1. The summed E-state index contributed by atoms with van der Waals surface area (Å²) >= 11 is 0. The first-order chi connectivity index (χ1) is 14.4. The van der Waals surface area contributed by atoms with E-state index in [4.69, 9.17) is 4.74 Å². The maximum Gasteiger partial charge on any atom is 0.228 e. The molecule has 2 saturated heterocycles. The van der Waals surface area contributed by atoms with E-state index in [1.54, 1.807) is 17.0 Å². The number of benzene rings is 1. The molecule has 7 nitrogen and oxygen atoms in total. The molecule has 2 fully saturated rings. The Labute approximate surface area is 174 Å². The van der Waals surface area contributed by atoms with E-state index in [1.165, 1.54) is 12.1 Å². The molecule has 0 aliphatic carbocycles. The van der Waals surface area contributed by atoms with Crippen molar-refractivity contribution in [3.63, 3.8) is 0 Å². The van der Waals surface area contributed by atoms with Crippen LogP contribution in [-0.2, 0) is 9.59 Å². The average molecular weight is 412 g/mol. The van der Waals surface area contributed by atoms with Crippen LogP contribution in [0.4, 0.5) is 10.1 Å². The van der Waals surface area contributed by atoms with Gasteiger partial charge < -0.3 is 14.5 Å². The van der Waals surface area contributed by atoms with Gasteiger partial charge >= 0.3 is 0 Å². The molecule has 30 heavy (non-hydrogen) atoms. The Balaban J connectivity index is 1.32. The molecule has 3 heterocycles. The molecule has 1 aromatic heterocycles. The predicted octanol–water partition coefficient (Wildman–Crippen LogP) is 2.66. The Hall–Kier alpha value is -3.03. The maximum absolute atomic E-state index is 13.1. The molecule has 1 aromatic carbocycles. The molecule has 0 saturated carbocycles. The van der Waals surface area contributed by atoms with Crippen molar-refractivity contribution >= 4 is 17.5 Å². The lowest BCUT2D eigenvalue weighted by atomic mass is 10.0. The highest BCUT2D eigenvalue weighted by atomic mass is 19.1. The van der Waals surface area contributed by atoms with Gasteiger partial charge in [0, 0.05) is 56.3 Å². The fourth-order valence-corrected chi connectivity index (χ4v) is 4.11. The van der Waals surface area contributed by atoms with Gasteiger partial charge in [0.15, 0.2) is 0 Å². The van der Waals surface area contributed by atoms with Gasteiger partial charge in [0.25, 0.3) is 0 Å².